The second kappa shape index (κ2) is 5.44. The van der Waals surface area contributed by atoms with Gasteiger partial charge < -0.3 is 14.8 Å². The predicted octanol–water partition coefficient (Wildman–Crippen LogP) is 2.23. The number of aromatic nitrogens is 1. The molecule has 0 aliphatic heterocycles. The molecule has 0 bridgehead atoms. The molecule has 1 aromatic carbocycles. The van der Waals surface area contributed by atoms with Crippen molar-refractivity contribution < 1.29 is 15.0 Å². The van der Waals surface area contributed by atoms with Crippen LogP contribution >= 0.6 is 0 Å². The fourth-order valence-corrected chi connectivity index (χ4v) is 2.30. The number of rotatable bonds is 4. The average molecular weight is 287 g/mol. The first-order valence-electron chi connectivity index (χ1n) is 6.53. The molecule has 0 fully saturated rings. The van der Waals surface area contributed by atoms with E-state index in [-0.39, 0.29) is 5.41 Å². The van der Waals surface area contributed by atoms with Gasteiger partial charge in [0, 0.05) is 24.4 Å². The Morgan fingerprint density at radius 1 is 1.19 bits per heavy atom. The molecule has 0 unspecified atom stereocenters. The van der Waals surface area contributed by atoms with E-state index < -0.39 is 22.7 Å². The molecule has 1 aromatic heterocycles. The van der Waals surface area contributed by atoms with E-state index in [1.165, 1.54) is 17.0 Å². The van der Waals surface area contributed by atoms with Crippen LogP contribution in [0, 0.1) is 0 Å². The van der Waals surface area contributed by atoms with Crippen LogP contribution in [0.25, 0.3) is 0 Å². The second-order valence-corrected chi connectivity index (χ2v) is 5.61. The summed E-state index contributed by atoms with van der Waals surface area (Å²) in [7, 11) is 0. The lowest BCUT2D eigenvalue weighted by atomic mass is 9.84. The Bertz CT molecular complexity index is 717. The number of aromatic hydroxyl groups is 1. The highest BCUT2D eigenvalue weighted by atomic mass is 16.4. The van der Waals surface area contributed by atoms with Gasteiger partial charge in [-0.25, -0.2) is 4.79 Å². The number of carboxylic acids is 1. The number of benzene rings is 1. The molecule has 0 aliphatic rings. The highest BCUT2D eigenvalue weighted by molar-refractivity contribution is 5.87. The van der Waals surface area contributed by atoms with Crippen molar-refractivity contribution in [2.24, 2.45) is 0 Å². The first kappa shape index (κ1) is 14.8. The third kappa shape index (κ3) is 3.13. The molecule has 0 radical (unpaired) electrons. The van der Waals surface area contributed by atoms with E-state index in [0.29, 0.717) is 6.54 Å². The smallest absolute Gasteiger partial charge is 0.341 e. The minimum atomic E-state index is -1.35. The summed E-state index contributed by atoms with van der Waals surface area (Å²) in [5, 5.41) is 18.6. The zero-order valence-corrected chi connectivity index (χ0v) is 11.9. The molecule has 2 aromatic rings. The highest BCUT2D eigenvalue weighted by Crippen LogP contribution is 2.25. The maximum absolute atomic E-state index is 11.6. The molecule has 5 heteroatoms. The van der Waals surface area contributed by atoms with Crippen LogP contribution in [0.5, 0.6) is 5.75 Å². The predicted molar refractivity (Wildman–Crippen MR) is 78.8 cm³/mol. The van der Waals surface area contributed by atoms with Crippen molar-refractivity contribution in [1.29, 1.82) is 0 Å². The molecular formula is C16H17NO4. The Morgan fingerprint density at radius 3 is 2.38 bits per heavy atom. The van der Waals surface area contributed by atoms with Crippen LogP contribution in [0.4, 0.5) is 0 Å². The minimum Gasteiger partial charge on any atom is -0.503 e. The third-order valence-corrected chi connectivity index (χ3v) is 3.42. The molecule has 0 saturated heterocycles. The van der Waals surface area contributed by atoms with Gasteiger partial charge in [0.15, 0.2) is 5.75 Å². The van der Waals surface area contributed by atoms with Gasteiger partial charge in [-0.3, -0.25) is 4.79 Å². The number of hydrogen-bond donors (Lipinski definition) is 2. The summed E-state index contributed by atoms with van der Waals surface area (Å²) >= 11 is 0. The van der Waals surface area contributed by atoms with Crippen molar-refractivity contribution in [3.63, 3.8) is 0 Å². The van der Waals surface area contributed by atoms with Gasteiger partial charge >= 0.3 is 5.97 Å². The SMILES string of the molecule is CC(C)(Cn1cc(O)c(=O)c(C(=O)O)c1)c1ccccc1. The van der Waals surface area contributed by atoms with Gasteiger partial charge in [0.25, 0.3) is 0 Å². The molecule has 0 saturated carbocycles. The number of carboxylic acid groups (broad SMARTS) is 1. The van der Waals surface area contributed by atoms with Crippen LogP contribution in [0.15, 0.2) is 47.5 Å². The molecular weight excluding hydrogens is 270 g/mol. The van der Waals surface area contributed by atoms with Gasteiger partial charge in [0.1, 0.15) is 5.56 Å². The van der Waals surface area contributed by atoms with Crippen LogP contribution in [0.3, 0.4) is 0 Å². The highest BCUT2D eigenvalue weighted by Gasteiger charge is 2.22. The van der Waals surface area contributed by atoms with Crippen LogP contribution in [0.2, 0.25) is 0 Å². The molecule has 1 heterocycles. The van der Waals surface area contributed by atoms with E-state index in [1.54, 1.807) is 0 Å². The van der Waals surface area contributed by atoms with Gasteiger partial charge in [-0.05, 0) is 5.56 Å². The van der Waals surface area contributed by atoms with E-state index in [1.807, 2.05) is 44.2 Å². The molecule has 110 valence electrons. The molecule has 2 rings (SSSR count). The van der Waals surface area contributed by atoms with E-state index in [4.69, 9.17) is 5.11 Å². The van der Waals surface area contributed by atoms with Crippen molar-refractivity contribution in [3.05, 3.63) is 64.1 Å². The standard InChI is InChI=1S/C16H17NO4/c1-16(2,11-6-4-3-5-7-11)10-17-8-12(15(20)21)14(19)13(18)9-17/h3-9,18H,10H2,1-2H3,(H,20,21). The molecule has 0 atom stereocenters. The number of pyridine rings is 1. The summed E-state index contributed by atoms with van der Waals surface area (Å²) in [6.07, 6.45) is 2.52. The van der Waals surface area contributed by atoms with Crippen molar-refractivity contribution in [3.8, 4) is 5.75 Å². The molecule has 0 amide bonds. The van der Waals surface area contributed by atoms with Gasteiger partial charge in [-0.2, -0.15) is 0 Å². The van der Waals surface area contributed by atoms with Crippen LogP contribution in [0.1, 0.15) is 29.8 Å². The molecule has 0 aliphatic carbocycles. The van der Waals surface area contributed by atoms with Crippen molar-refractivity contribution >= 4 is 5.97 Å². The first-order chi connectivity index (χ1) is 9.81. The summed E-state index contributed by atoms with van der Waals surface area (Å²) in [4.78, 5) is 22.6. The zero-order chi connectivity index (χ0) is 15.6. The summed E-state index contributed by atoms with van der Waals surface area (Å²) in [5.74, 6) is -1.90. The Morgan fingerprint density at radius 2 is 1.81 bits per heavy atom. The van der Waals surface area contributed by atoms with Crippen molar-refractivity contribution in [2.45, 2.75) is 25.8 Å². The normalized spacial score (nSPS) is 11.3. The lowest BCUT2D eigenvalue weighted by molar-refractivity contribution is 0.0693. The average Bonchev–Trinajstić information content (AvgIpc) is 2.43. The molecule has 0 spiro atoms. The van der Waals surface area contributed by atoms with Crippen LogP contribution < -0.4 is 5.43 Å². The molecule has 2 N–H and O–H groups in total. The third-order valence-electron chi connectivity index (χ3n) is 3.42. The summed E-state index contributed by atoms with van der Waals surface area (Å²) in [6.45, 7) is 4.46. The molecule has 5 nitrogen and oxygen atoms in total. The van der Waals surface area contributed by atoms with Gasteiger partial charge in [0.05, 0.1) is 0 Å². The van der Waals surface area contributed by atoms with Gasteiger partial charge in [0.2, 0.25) is 5.43 Å². The van der Waals surface area contributed by atoms with Crippen molar-refractivity contribution in [2.75, 3.05) is 0 Å². The number of hydrogen-bond acceptors (Lipinski definition) is 3. The van der Waals surface area contributed by atoms with Crippen LogP contribution in [-0.4, -0.2) is 20.7 Å². The van der Waals surface area contributed by atoms with E-state index >= 15 is 0 Å². The number of nitrogens with zero attached hydrogens (tertiary/aromatic N) is 1. The van der Waals surface area contributed by atoms with E-state index in [9.17, 15) is 14.7 Å². The summed E-state index contributed by atoms with van der Waals surface area (Å²) in [6, 6.07) is 9.76. The Kier molecular flexibility index (Phi) is 3.84. The number of aromatic carboxylic acids is 1. The Labute approximate surface area is 122 Å². The quantitative estimate of drug-likeness (QED) is 0.903. The summed E-state index contributed by atoms with van der Waals surface area (Å²) < 4.78 is 1.53. The Balaban J connectivity index is 2.40. The van der Waals surface area contributed by atoms with Gasteiger partial charge in [-0.1, -0.05) is 44.2 Å². The van der Waals surface area contributed by atoms with E-state index in [2.05, 4.69) is 0 Å². The Hall–Kier alpha value is -2.56. The second-order valence-electron chi connectivity index (χ2n) is 5.61. The first-order valence-corrected chi connectivity index (χ1v) is 6.53. The lowest BCUT2D eigenvalue weighted by Crippen LogP contribution is -2.26. The fourth-order valence-electron chi connectivity index (χ4n) is 2.30. The molecule has 21 heavy (non-hydrogen) atoms. The fraction of sp³-hybridized carbons (Fsp3) is 0.250. The maximum atomic E-state index is 11.6. The largest absolute Gasteiger partial charge is 0.503 e. The zero-order valence-electron chi connectivity index (χ0n) is 11.9. The van der Waals surface area contributed by atoms with E-state index in [0.717, 1.165) is 5.56 Å². The number of carbonyl (C=O) groups is 1. The van der Waals surface area contributed by atoms with Crippen molar-refractivity contribution in [1.82, 2.24) is 4.57 Å². The topological polar surface area (TPSA) is 79.5 Å². The maximum Gasteiger partial charge on any atom is 0.341 e. The van der Waals surface area contributed by atoms with Crippen LogP contribution in [-0.2, 0) is 12.0 Å². The minimum absolute atomic E-state index is 0.279. The summed E-state index contributed by atoms with van der Waals surface area (Å²) in [5.41, 5.74) is -0.492. The lowest BCUT2D eigenvalue weighted by Gasteiger charge is -2.26. The monoisotopic (exact) mass is 287 g/mol. The van der Waals surface area contributed by atoms with Gasteiger partial charge in [-0.15, -0.1) is 0 Å².